The predicted octanol–water partition coefficient (Wildman–Crippen LogP) is 1.61. The maximum absolute atomic E-state index is 11.2. The van der Waals surface area contributed by atoms with E-state index in [2.05, 4.69) is 5.32 Å². The molecule has 1 aliphatic rings. The van der Waals surface area contributed by atoms with Crippen LogP contribution in [-0.4, -0.2) is 12.6 Å². The van der Waals surface area contributed by atoms with Crippen LogP contribution >= 0.6 is 0 Å². The molecule has 0 bridgehead atoms. The molecule has 80 valence electrons. The molecule has 0 radical (unpaired) electrons. The minimum absolute atomic E-state index is 0.369. The van der Waals surface area contributed by atoms with Gasteiger partial charge in [-0.15, -0.1) is 0 Å². The lowest BCUT2D eigenvalue weighted by atomic mass is 9.91. The van der Waals surface area contributed by atoms with Crippen LogP contribution in [0, 0.1) is 0 Å². The zero-order valence-electron chi connectivity index (χ0n) is 8.62. The van der Waals surface area contributed by atoms with E-state index in [0.29, 0.717) is 12.2 Å². The van der Waals surface area contributed by atoms with Crippen LogP contribution < -0.4 is 11.1 Å². The third kappa shape index (κ3) is 1.88. The van der Waals surface area contributed by atoms with Gasteiger partial charge in [-0.2, -0.15) is 0 Å². The Hall–Kier alpha value is -1.71. The minimum Gasteiger partial charge on any atom is -0.438 e. The number of nitrogens with one attached hydrogen (secondary N) is 1. The molecule has 1 heterocycles. The molecule has 0 aromatic heterocycles. The van der Waals surface area contributed by atoms with E-state index in [9.17, 15) is 4.79 Å². The molecule has 1 fully saturated rings. The highest BCUT2D eigenvalue weighted by molar-refractivity contribution is 5.69. The minimum atomic E-state index is -0.558. The number of amides is 1. The first kappa shape index (κ1) is 9.83. The lowest BCUT2D eigenvalue weighted by molar-refractivity contribution is -0.00270. The fourth-order valence-electron chi connectivity index (χ4n) is 1.77. The molecule has 1 amide bonds. The van der Waals surface area contributed by atoms with Crippen molar-refractivity contribution >= 4 is 11.8 Å². The Kier molecular flexibility index (Phi) is 2.26. The number of hydrogen-bond acceptors (Lipinski definition) is 3. The van der Waals surface area contributed by atoms with E-state index in [0.717, 1.165) is 12.0 Å². The summed E-state index contributed by atoms with van der Waals surface area (Å²) < 4.78 is 5.31. The summed E-state index contributed by atoms with van der Waals surface area (Å²) in [7, 11) is 0. The van der Waals surface area contributed by atoms with Gasteiger partial charge in [0.1, 0.15) is 5.60 Å². The average molecular weight is 206 g/mol. The van der Waals surface area contributed by atoms with Crippen LogP contribution in [0.4, 0.5) is 10.5 Å². The number of anilines is 1. The number of benzene rings is 1. The number of cyclic esters (lactones) is 1. The van der Waals surface area contributed by atoms with Crippen molar-refractivity contribution in [1.29, 1.82) is 0 Å². The highest BCUT2D eigenvalue weighted by Crippen LogP contribution is 2.31. The van der Waals surface area contributed by atoms with E-state index in [-0.39, 0.29) is 6.09 Å². The monoisotopic (exact) mass is 206 g/mol. The highest BCUT2D eigenvalue weighted by Gasteiger charge is 2.34. The fraction of sp³-hybridized carbons (Fsp3) is 0.364. The maximum atomic E-state index is 11.2. The summed E-state index contributed by atoms with van der Waals surface area (Å²) in [5, 5.41) is 2.63. The quantitative estimate of drug-likeness (QED) is 0.686. The molecule has 4 heteroatoms. The van der Waals surface area contributed by atoms with Crippen LogP contribution in [0.1, 0.15) is 18.9 Å². The fourth-order valence-corrected chi connectivity index (χ4v) is 1.77. The van der Waals surface area contributed by atoms with Gasteiger partial charge in [-0.3, -0.25) is 0 Å². The second-order valence-electron chi connectivity index (χ2n) is 3.92. The number of rotatable bonds is 1. The molecule has 0 spiro atoms. The number of alkyl carbamates (subject to hydrolysis) is 1. The van der Waals surface area contributed by atoms with Gasteiger partial charge < -0.3 is 15.8 Å². The number of hydrogen-bond donors (Lipinski definition) is 2. The zero-order valence-corrected chi connectivity index (χ0v) is 8.62. The molecule has 1 aliphatic heterocycles. The summed E-state index contributed by atoms with van der Waals surface area (Å²) in [5.74, 6) is 0. The SMILES string of the molecule is CC1(c2cccc(N)c2)CCNC(=O)O1. The van der Waals surface area contributed by atoms with E-state index in [4.69, 9.17) is 10.5 Å². The Bertz CT molecular complexity index is 392. The third-order valence-electron chi connectivity index (χ3n) is 2.69. The van der Waals surface area contributed by atoms with Crippen molar-refractivity contribution in [3.05, 3.63) is 29.8 Å². The first-order chi connectivity index (χ1) is 7.10. The van der Waals surface area contributed by atoms with Gasteiger partial charge >= 0.3 is 6.09 Å². The van der Waals surface area contributed by atoms with Gasteiger partial charge in [0.15, 0.2) is 0 Å². The summed E-state index contributed by atoms with van der Waals surface area (Å²) in [6.45, 7) is 2.53. The highest BCUT2D eigenvalue weighted by atomic mass is 16.6. The second kappa shape index (κ2) is 3.46. The Labute approximate surface area is 88.4 Å². The van der Waals surface area contributed by atoms with Crippen molar-refractivity contribution < 1.29 is 9.53 Å². The van der Waals surface area contributed by atoms with Gasteiger partial charge in [-0.05, 0) is 24.6 Å². The van der Waals surface area contributed by atoms with Gasteiger partial charge in [0.2, 0.25) is 0 Å². The molecule has 1 unspecified atom stereocenters. The number of nitrogens with two attached hydrogens (primary N) is 1. The Morgan fingerprint density at radius 1 is 1.53 bits per heavy atom. The van der Waals surface area contributed by atoms with Crippen molar-refractivity contribution in [2.45, 2.75) is 18.9 Å². The molecule has 0 saturated carbocycles. The number of carbonyl (C=O) groups excluding carboxylic acids is 1. The van der Waals surface area contributed by atoms with Crippen molar-refractivity contribution in [3.8, 4) is 0 Å². The molecule has 15 heavy (non-hydrogen) atoms. The summed E-state index contributed by atoms with van der Waals surface area (Å²) in [6.07, 6.45) is 0.383. The van der Waals surface area contributed by atoms with Crippen LogP contribution in [0.15, 0.2) is 24.3 Å². The third-order valence-corrected chi connectivity index (χ3v) is 2.69. The standard InChI is InChI=1S/C11H14N2O2/c1-11(5-6-13-10(14)15-11)8-3-2-4-9(12)7-8/h2-4,7H,5-6,12H2,1H3,(H,13,14). The zero-order chi connectivity index (χ0) is 10.9. The summed E-state index contributed by atoms with van der Waals surface area (Å²) in [4.78, 5) is 11.2. The molecule has 1 aromatic rings. The molecule has 1 saturated heterocycles. The molecule has 1 aromatic carbocycles. The summed E-state index contributed by atoms with van der Waals surface area (Å²) in [5.41, 5.74) is 6.77. The number of nitrogen functional groups attached to an aromatic ring is 1. The Morgan fingerprint density at radius 2 is 2.33 bits per heavy atom. The first-order valence-corrected chi connectivity index (χ1v) is 4.93. The lowest BCUT2D eigenvalue weighted by Gasteiger charge is -2.34. The molecule has 0 aliphatic carbocycles. The van der Waals surface area contributed by atoms with E-state index >= 15 is 0 Å². The van der Waals surface area contributed by atoms with Crippen LogP contribution in [-0.2, 0) is 10.3 Å². The van der Waals surface area contributed by atoms with E-state index in [1.165, 1.54) is 0 Å². The topological polar surface area (TPSA) is 64.3 Å². The maximum Gasteiger partial charge on any atom is 0.408 e. The Morgan fingerprint density at radius 3 is 3.00 bits per heavy atom. The second-order valence-corrected chi connectivity index (χ2v) is 3.92. The van der Waals surface area contributed by atoms with E-state index in [1.54, 1.807) is 0 Å². The molecule has 2 rings (SSSR count). The van der Waals surface area contributed by atoms with Crippen molar-refractivity contribution in [2.24, 2.45) is 0 Å². The molecule has 4 nitrogen and oxygen atoms in total. The van der Waals surface area contributed by atoms with Crippen molar-refractivity contribution in [1.82, 2.24) is 5.32 Å². The van der Waals surface area contributed by atoms with Crippen molar-refractivity contribution in [2.75, 3.05) is 12.3 Å². The smallest absolute Gasteiger partial charge is 0.408 e. The average Bonchev–Trinajstić information content (AvgIpc) is 2.17. The van der Waals surface area contributed by atoms with Gasteiger partial charge in [-0.1, -0.05) is 12.1 Å². The van der Waals surface area contributed by atoms with Gasteiger partial charge in [-0.25, -0.2) is 4.79 Å². The van der Waals surface area contributed by atoms with Gasteiger partial charge in [0, 0.05) is 18.7 Å². The van der Waals surface area contributed by atoms with Crippen LogP contribution in [0.3, 0.4) is 0 Å². The Balaban J connectivity index is 2.32. The van der Waals surface area contributed by atoms with Crippen LogP contribution in [0.5, 0.6) is 0 Å². The summed E-state index contributed by atoms with van der Waals surface area (Å²) in [6, 6.07) is 7.45. The molecule has 3 N–H and O–H groups in total. The van der Waals surface area contributed by atoms with E-state index < -0.39 is 5.60 Å². The van der Waals surface area contributed by atoms with Gasteiger partial charge in [0.05, 0.1) is 0 Å². The predicted molar refractivity (Wildman–Crippen MR) is 57.3 cm³/mol. The van der Waals surface area contributed by atoms with Gasteiger partial charge in [0.25, 0.3) is 0 Å². The molecular formula is C11H14N2O2. The normalized spacial score (nSPS) is 25.5. The number of ether oxygens (including phenoxy) is 1. The first-order valence-electron chi connectivity index (χ1n) is 4.93. The van der Waals surface area contributed by atoms with Crippen LogP contribution in [0.25, 0.3) is 0 Å². The van der Waals surface area contributed by atoms with E-state index in [1.807, 2.05) is 31.2 Å². The molecular weight excluding hydrogens is 192 g/mol. The number of carbonyl (C=O) groups is 1. The summed E-state index contributed by atoms with van der Waals surface area (Å²) >= 11 is 0. The lowest BCUT2D eigenvalue weighted by Crippen LogP contribution is -2.43. The van der Waals surface area contributed by atoms with Crippen LogP contribution in [0.2, 0.25) is 0 Å². The largest absolute Gasteiger partial charge is 0.438 e. The molecule has 1 atom stereocenters. The van der Waals surface area contributed by atoms with Crippen molar-refractivity contribution in [3.63, 3.8) is 0 Å².